The highest BCUT2D eigenvalue weighted by Crippen LogP contribution is 2.24. The van der Waals surface area contributed by atoms with Gasteiger partial charge in [-0.05, 0) is 43.3 Å². The van der Waals surface area contributed by atoms with Gasteiger partial charge in [-0.2, -0.15) is 5.26 Å². The number of carbonyl (C=O) groups is 2. The summed E-state index contributed by atoms with van der Waals surface area (Å²) in [6, 6.07) is 12.7. The van der Waals surface area contributed by atoms with Gasteiger partial charge in [0.25, 0.3) is 5.91 Å². The summed E-state index contributed by atoms with van der Waals surface area (Å²) in [6.45, 7) is 0.803. The Labute approximate surface area is 163 Å². The molecule has 0 aromatic heterocycles. The first-order valence-electron chi connectivity index (χ1n) is 8.16. The van der Waals surface area contributed by atoms with Gasteiger partial charge in [0.2, 0.25) is 0 Å². The molecule has 152 valence electrons. The predicted molar refractivity (Wildman–Crippen MR) is 94.0 cm³/mol. The maximum absolute atomic E-state index is 12.1. The second-order valence-electron chi connectivity index (χ2n) is 5.59. The molecule has 0 aliphatic heterocycles. The Morgan fingerprint density at radius 2 is 1.79 bits per heavy atom. The third kappa shape index (κ3) is 7.06. The molecule has 0 fully saturated rings. The molecular weight excluding hydrogens is 393 g/mol. The fourth-order valence-electron chi connectivity index (χ4n) is 2.09. The fourth-order valence-corrected chi connectivity index (χ4v) is 2.09. The minimum absolute atomic E-state index is 0.187. The maximum Gasteiger partial charge on any atom is 0.573 e. The van der Waals surface area contributed by atoms with Crippen molar-refractivity contribution < 1.29 is 37.0 Å². The number of amides is 1. The summed E-state index contributed by atoms with van der Waals surface area (Å²) in [4.78, 5) is 23.9. The molecule has 0 saturated heterocycles. The highest BCUT2D eigenvalue weighted by molar-refractivity contribution is 5.95. The number of para-hydroxylation sites is 1. The molecule has 0 unspecified atom stereocenters. The molecule has 1 amide bonds. The fraction of sp³-hybridized carbons (Fsp3) is 0.211. The molecule has 0 bridgehead atoms. The van der Waals surface area contributed by atoms with E-state index in [-0.39, 0.29) is 17.0 Å². The molecule has 2 aromatic carbocycles. The number of rotatable bonds is 7. The van der Waals surface area contributed by atoms with E-state index in [2.05, 4.69) is 10.1 Å². The quantitative estimate of drug-likeness (QED) is 0.706. The standard InChI is InChI=1S/C19H15F3N2O5/c1-12(28-17(25)11-27-16-5-3-2-4-13(16)10-23)18(26)24-14-6-8-15(9-7-14)29-19(20,21)22/h2-9,12H,11H2,1H3,(H,24,26)/t12-/m0/s1. The van der Waals surface area contributed by atoms with Crippen LogP contribution in [0.3, 0.4) is 0 Å². The summed E-state index contributed by atoms with van der Waals surface area (Å²) in [7, 11) is 0. The minimum Gasteiger partial charge on any atom is -0.481 e. The van der Waals surface area contributed by atoms with Crippen LogP contribution < -0.4 is 14.8 Å². The molecule has 0 spiro atoms. The van der Waals surface area contributed by atoms with Crippen LogP contribution in [0, 0.1) is 11.3 Å². The second kappa shape index (κ2) is 9.45. The first-order valence-corrected chi connectivity index (χ1v) is 8.16. The smallest absolute Gasteiger partial charge is 0.481 e. The molecule has 1 atom stereocenters. The first kappa shape index (κ1) is 21.6. The van der Waals surface area contributed by atoms with Gasteiger partial charge in [0, 0.05) is 5.69 Å². The lowest BCUT2D eigenvalue weighted by molar-refractivity contribution is -0.274. The Morgan fingerprint density at radius 3 is 2.41 bits per heavy atom. The van der Waals surface area contributed by atoms with Crippen molar-refractivity contribution in [3.63, 3.8) is 0 Å². The van der Waals surface area contributed by atoms with Gasteiger partial charge in [0.05, 0.1) is 5.56 Å². The molecule has 0 radical (unpaired) electrons. The Kier molecular flexibility index (Phi) is 7.03. The number of alkyl halides is 3. The molecule has 0 saturated carbocycles. The SMILES string of the molecule is C[C@H](OC(=O)COc1ccccc1C#N)C(=O)Nc1ccc(OC(F)(F)F)cc1. The van der Waals surface area contributed by atoms with Gasteiger partial charge in [0.1, 0.15) is 17.6 Å². The van der Waals surface area contributed by atoms with Crippen molar-refractivity contribution in [3.8, 4) is 17.6 Å². The summed E-state index contributed by atoms with van der Waals surface area (Å²) < 4.78 is 50.2. The molecule has 29 heavy (non-hydrogen) atoms. The highest BCUT2D eigenvalue weighted by Gasteiger charge is 2.31. The number of nitrogens with one attached hydrogen (secondary N) is 1. The summed E-state index contributed by atoms with van der Waals surface area (Å²) in [5.74, 6) is -1.77. The Balaban J connectivity index is 1.83. The van der Waals surface area contributed by atoms with Crippen LogP contribution in [0.25, 0.3) is 0 Å². The van der Waals surface area contributed by atoms with Crippen LogP contribution >= 0.6 is 0 Å². The van der Waals surface area contributed by atoms with Crippen molar-refractivity contribution in [2.45, 2.75) is 19.4 Å². The van der Waals surface area contributed by atoms with Crippen molar-refractivity contribution in [1.29, 1.82) is 5.26 Å². The number of nitrogens with zero attached hydrogens (tertiary/aromatic N) is 1. The van der Waals surface area contributed by atoms with Gasteiger partial charge < -0.3 is 19.5 Å². The number of hydrogen-bond donors (Lipinski definition) is 1. The predicted octanol–water partition coefficient (Wildman–Crippen LogP) is 3.41. The van der Waals surface area contributed by atoms with E-state index in [1.54, 1.807) is 12.1 Å². The summed E-state index contributed by atoms with van der Waals surface area (Å²) >= 11 is 0. The number of halogens is 3. The van der Waals surface area contributed by atoms with E-state index in [1.165, 1.54) is 31.2 Å². The van der Waals surface area contributed by atoms with E-state index in [9.17, 15) is 22.8 Å². The van der Waals surface area contributed by atoms with Crippen LogP contribution in [-0.4, -0.2) is 30.9 Å². The number of anilines is 1. The van der Waals surface area contributed by atoms with Gasteiger partial charge in [-0.3, -0.25) is 4.79 Å². The van der Waals surface area contributed by atoms with Crippen molar-refractivity contribution >= 4 is 17.6 Å². The molecule has 1 N–H and O–H groups in total. The number of carbonyl (C=O) groups excluding carboxylic acids is 2. The van der Waals surface area contributed by atoms with Crippen LogP contribution in [0.1, 0.15) is 12.5 Å². The van der Waals surface area contributed by atoms with E-state index in [0.29, 0.717) is 0 Å². The van der Waals surface area contributed by atoms with E-state index in [4.69, 9.17) is 14.7 Å². The molecule has 2 rings (SSSR count). The van der Waals surface area contributed by atoms with Gasteiger partial charge in [0.15, 0.2) is 12.7 Å². The lowest BCUT2D eigenvalue weighted by Gasteiger charge is -2.14. The van der Waals surface area contributed by atoms with Crippen LogP contribution in [0.4, 0.5) is 18.9 Å². The summed E-state index contributed by atoms with van der Waals surface area (Å²) in [6.07, 6.45) is -6.01. The zero-order valence-electron chi connectivity index (χ0n) is 15.0. The number of esters is 1. The summed E-state index contributed by atoms with van der Waals surface area (Å²) in [5, 5.41) is 11.3. The van der Waals surface area contributed by atoms with Gasteiger partial charge in [-0.15, -0.1) is 13.2 Å². The molecule has 0 heterocycles. The van der Waals surface area contributed by atoms with Gasteiger partial charge >= 0.3 is 12.3 Å². The zero-order chi connectivity index (χ0) is 21.4. The summed E-state index contributed by atoms with van der Waals surface area (Å²) in [5.41, 5.74) is 0.427. The maximum atomic E-state index is 12.1. The lowest BCUT2D eigenvalue weighted by atomic mass is 10.2. The third-order valence-electron chi connectivity index (χ3n) is 3.39. The van der Waals surface area contributed by atoms with E-state index >= 15 is 0 Å². The third-order valence-corrected chi connectivity index (χ3v) is 3.39. The first-order chi connectivity index (χ1) is 13.7. The zero-order valence-corrected chi connectivity index (χ0v) is 15.0. The molecule has 7 nitrogen and oxygen atoms in total. The van der Waals surface area contributed by atoms with Crippen molar-refractivity contribution in [2.75, 3.05) is 11.9 Å². The average Bonchev–Trinajstić information content (AvgIpc) is 2.66. The van der Waals surface area contributed by atoms with Crippen molar-refractivity contribution in [2.24, 2.45) is 0 Å². The number of hydrogen-bond acceptors (Lipinski definition) is 6. The Morgan fingerprint density at radius 1 is 1.14 bits per heavy atom. The monoisotopic (exact) mass is 408 g/mol. The highest BCUT2D eigenvalue weighted by atomic mass is 19.4. The van der Waals surface area contributed by atoms with Crippen LogP contribution in [0.15, 0.2) is 48.5 Å². The molecule has 2 aromatic rings. The Hall–Kier alpha value is -3.74. The van der Waals surface area contributed by atoms with Gasteiger partial charge in [-0.1, -0.05) is 12.1 Å². The van der Waals surface area contributed by atoms with E-state index in [0.717, 1.165) is 12.1 Å². The van der Waals surface area contributed by atoms with Crippen molar-refractivity contribution in [1.82, 2.24) is 0 Å². The Bertz CT molecular complexity index is 907. The minimum atomic E-state index is -4.82. The van der Waals surface area contributed by atoms with Crippen LogP contribution in [-0.2, 0) is 14.3 Å². The molecular formula is C19H15F3N2O5. The van der Waals surface area contributed by atoms with E-state index < -0.39 is 36.7 Å². The van der Waals surface area contributed by atoms with Crippen LogP contribution in [0.5, 0.6) is 11.5 Å². The average molecular weight is 408 g/mol. The molecule has 10 heteroatoms. The van der Waals surface area contributed by atoms with Crippen molar-refractivity contribution in [3.05, 3.63) is 54.1 Å². The largest absolute Gasteiger partial charge is 0.573 e. The van der Waals surface area contributed by atoms with Gasteiger partial charge in [-0.25, -0.2) is 4.79 Å². The molecule has 0 aliphatic carbocycles. The number of nitriles is 1. The lowest BCUT2D eigenvalue weighted by Crippen LogP contribution is -2.31. The topological polar surface area (TPSA) is 97.7 Å². The second-order valence-corrected chi connectivity index (χ2v) is 5.59. The normalized spacial score (nSPS) is 11.7. The number of benzene rings is 2. The number of ether oxygens (including phenoxy) is 3. The molecule has 0 aliphatic rings. The van der Waals surface area contributed by atoms with Crippen LogP contribution in [0.2, 0.25) is 0 Å². The van der Waals surface area contributed by atoms with E-state index in [1.807, 2.05) is 6.07 Å².